The minimum atomic E-state index is -0.129. The van der Waals surface area contributed by atoms with Crippen LogP contribution in [0.15, 0.2) is 65.1 Å². The van der Waals surface area contributed by atoms with E-state index in [9.17, 15) is 4.79 Å². The van der Waals surface area contributed by atoms with E-state index in [-0.39, 0.29) is 5.91 Å². The van der Waals surface area contributed by atoms with Crippen molar-refractivity contribution in [2.75, 3.05) is 11.9 Å². The van der Waals surface area contributed by atoms with Crippen LogP contribution in [0.3, 0.4) is 0 Å². The smallest absolute Gasteiger partial charge is 0.255 e. The number of halogens is 1. The van der Waals surface area contributed by atoms with Gasteiger partial charge in [-0.15, -0.1) is 0 Å². The average Bonchev–Trinajstić information content (AvgIpc) is 3.34. The maximum atomic E-state index is 12.5. The van der Waals surface area contributed by atoms with Gasteiger partial charge in [0.1, 0.15) is 11.6 Å². The van der Waals surface area contributed by atoms with Crippen molar-refractivity contribution in [2.24, 2.45) is 0 Å². The maximum Gasteiger partial charge on any atom is 0.255 e. The van der Waals surface area contributed by atoms with E-state index in [1.807, 2.05) is 54.6 Å². The SMILES string of the molecule is O=C(Nc1ccc(-c2nc3ccc(Br)cc3[nH]2)cc1)c1ccc2c(c1)CCO2. The van der Waals surface area contributed by atoms with Crippen LogP contribution >= 0.6 is 15.9 Å². The Balaban J connectivity index is 1.35. The van der Waals surface area contributed by atoms with Gasteiger partial charge in [0.15, 0.2) is 0 Å². The predicted octanol–water partition coefficient (Wildman–Crippen LogP) is 5.18. The second-order valence-corrected chi connectivity index (χ2v) is 7.61. The minimum absolute atomic E-state index is 0.129. The number of carbonyl (C=O) groups excluding carboxylic acids is 1. The number of hydrogen-bond donors (Lipinski definition) is 2. The third kappa shape index (κ3) is 3.16. The van der Waals surface area contributed by atoms with Crippen LogP contribution in [-0.4, -0.2) is 22.5 Å². The number of H-pyrrole nitrogens is 1. The summed E-state index contributed by atoms with van der Waals surface area (Å²) in [6.45, 7) is 0.681. The van der Waals surface area contributed by atoms with Crippen LogP contribution in [0.1, 0.15) is 15.9 Å². The Kier molecular flexibility index (Phi) is 4.13. The van der Waals surface area contributed by atoms with Crippen LogP contribution in [0, 0.1) is 0 Å². The Labute approximate surface area is 169 Å². The summed E-state index contributed by atoms with van der Waals surface area (Å²) in [4.78, 5) is 20.5. The molecule has 1 amide bonds. The fraction of sp³-hybridized carbons (Fsp3) is 0.0909. The molecule has 3 aromatic carbocycles. The second kappa shape index (κ2) is 6.80. The molecule has 0 bridgehead atoms. The van der Waals surface area contributed by atoms with Crippen molar-refractivity contribution in [3.05, 3.63) is 76.3 Å². The summed E-state index contributed by atoms with van der Waals surface area (Å²) in [6.07, 6.45) is 0.846. The van der Waals surface area contributed by atoms with Crippen molar-refractivity contribution in [3.8, 4) is 17.1 Å². The molecule has 0 fully saturated rings. The third-order valence-corrected chi connectivity index (χ3v) is 5.31. The van der Waals surface area contributed by atoms with Crippen LogP contribution in [0.25, 0.3) is 22.4 Å². The van der Waals surface area contributed by atoms with Gasteiger partial charge in [-0.2, -0.15) is 0 Å². The quantitative estimate of drug-likeness (QED) is 0.467. The fourth-order valence-corrected chi connectivity index (χ4v) is 3.72. The van der Waals surface area contributed by atoms with Gasteiger partial charge in [-0.1, -0.05) is 15.9 Å². The highest BCUT2D eigenvalue weighted by Gasteiger charge is 2.15. The topological polar surface area (TPSA) is 67.0 Å². The highest BCUT2D eigenvalue weighted by atomic mass is 79.9. The van der Waals surface area contributed by atoms with Gasteiger partial charge in [-0.25, -0.2) is 4.98 Å². The van der Waals surface area contributed by atoms with E-state index < -0.39 is 0 Å². The molecule has 0 spiro atoms. The van der Waals surface area contributed by atoms with Crippen LogP contribution in [0.4, 0.5) is 5.69 Å². The van der Waals surface area contributed by atoms with Gasteiger partial charge in [-0.05, 0) is 66.2 Å². The van der Waals surface area contributed by atoms with E-state index in [0.717, 1.165) is 50.3 Å². The largest absolute Gasteiger partial charge is 0.493 e. The van der Waals surface area contributed by atoms with Gasteiger partial charge >= 0.3 is 0 Å². The highest BCUT2D eigenvalue weighted by molar-refractivity contribution is 9.10. The first-order chi connectivity index (χ1) is 13.7. The molecule has 0 aliphatic carbocycles. The third-order valence-electron chi connectivity index (χ3n) is 4.81. The van der Waals surface area contributed by atoms with Crippen LogP contribution in [0.2, 0.25) is 0 Å². The lowest BCUT2D eigenvalue weighted by Crippen LogP contribution is -2.11. The molecule has 6 heteroatoms. The molecule has 1 aromatic heterocycles. The number of nitrogens with one attached hydrogen (secondary N) is 2. The molecular formula is C22H16BrN3O2. The molecule has 4 aromatic rings. The Morgan fingerprint density at radius 2 is 1.93 bits per heavy atom. The molecule has 0 atom stereocenters. The fourth-order valence-electron chi connectivity index (χ4n) is 3.36. The molecule has 2 N–H and O–H groups in total. The minimum Gasteiger partial charge on any atom is -0.493 e. The number of rotatable bonds is 3. The Morgan fingerprint density at radius 1 is 1.07 bits per heavy atom. The first kappa shape index (κ1) is 17.0. The van der Waals surface area contributed by atoms with Gasteiger partial charge in [0, 0.05) is 27.7 Å². The number of fused-ring (bicyclic) bond motifs is 2. The molecule has 138 valence electrons. The molecule has 5 nitrogen and oxygen atoms in total. The number of nitrogens with zero attached hydrogens (tertiary/aromatic N) is 1. The number of aromatic amines is 1. The summed E-state index contributed by atoms with van der Waals surface area (Å²) < 4.78 is 6.50. The number of benzene rings is 3. The molecule has 0 saturated heterocycles. The van der Waals surface area contributed by atoms with Gasteiger partial charge < -0.3 is 15.0 Å². The molecule has 0 unspecified atom stereocenters. The van der Waals surface area contributed by atoms with E-state index >= 15 is 0 Å². The number of carbonyl (C=O) groups is 1. The lowest BCUT2D eigenvalue weighted by molar-refractivity contribution is 0.102. The van der Waals surface area contributed by atoms with Crippen LogP contribution in [0.5, 0.6) is 5.75 Å². The predicted molar refractivity (Wildman–Crippen MR) is 113 cm³/mol. The molecular weight excluding hydrogens is 418 g/mol. The van der Waals surface area contributed by atoms with Gasteiger partial charge in [0.25, 0.3) is 5.91 Å². The Morgan fingerprint density at radius 3 is 2.79 bits per heavy atom. The number of imidazole rings is 1. The molecule has 1 aliphatic heterocycles. The van der Waals surface area contributed by atoms with Crippen molar-refractivity contribution in [2.45, 2.75) is 6.42 Å². The zero-order valence-electron chi connectivity index (χ0n) is 14.8. The first-order valence-corrected chi connectivity index (χ1v) is 9.78. The van der Waals surface area contributed by atoms with Crippen LogP contribution in [-0.2, 0) is 6.42 Å². The number of hydrogen-bond acceptors (Lipinski definition) is 3. The number of aromatic nitrogens is 2. The van der Waals surface area contributed by atoms with Gasteiger partial charge in [-0.3, -0.25) is 4.79 Å². The summed E-state index contributed by atoms with van der Waals surface area (Å²) in [6, 6.07) is 19.1. The summed E-state index contributed by atoms with van der Waals surface area (Å²) in [7, 11) is 0. The van der Waals surface area contributed by atoms with Gasteiger partial charge in [0.05, 0.1) is 17.6 Å². The summed E-state index contributed by atoms with van der Waals surface area (Å²) in [5, 5.41) is 2.95. The summed E-state index contributed by atoms with van der Waals surface area (Å²) in [5.74, 6) is 1.54. The highest BCUT2D eigenvalue weighted by Crippen LogP contribution is 2.27. The van der Waals surface area contributed by atoms with Crippen molar-refractivity contribution in [3.63, 3.8) is 0 Å². The van der Waals surface area contributed by atoms with Gasteiger partial charge in [0.2, 0.25) is 0 Å². The summed E-state index contributed by atoms with van der Waals surface area (Å²) >= 11 is 3.47. The zero-order valence-corrected chi connectivity index (χ0v) is 16.4. The number of anilines is 1. The number of ether oxygens (including phenoxy) is 1. The zero-order chi connectivity index (χ0) is 19.1. The molecule has 28 heavy (non-hydrogen) atoms. The first-order valence-electron chi connectivity index (χ1n) is 8.98. The van der Waals surface area contributed by atoms with Crippen molar-refractivity contribution in [1.82, 2.24) is 9.97 Å². The molecule has 2 heterocycles. The average molecular weight is 434 g/mol. The summed E-state index contributed by atoms with van der Waals surface area (Å²) in [5.41, 5.74) is 5.30. The normalized spacial score (nSPS) is 12.6. The van der Waals surface area contributed by atoms with Crippen molar-refractivity contribution >= 4 is 38.6 Å². The molecule has 0 saturated carbocycles. The van der Waals surface area contributed by atoms with E-state index in [1.54, 1.807) is 6.07 Å². The monoisotopic (exact) mass is 433 g/mol. The Bertz CT molecular complexity index is 1200. The van der Waals surface area contributed by atoms with Crippen molar-refractivity contribution < 1.29 is 9.53 Å². The second-order valence-electron chi connectivity index (χ2n) is 6.70. The van der Waals surface area contributed by atoms with Crippen LogP contribution < -0.4 is 10.1 Å². The number of amides is 1. The molecule has 1 aliphatic rings. The van der Waals surface area contributed by atoms with E-state index in [1.165, 1.54) is 0 Å². The molecule has 0 radical (unpaired) electrons. The Hall–Kier alpha value is -3.12. The lowest BCUT2D eigenvalue weighted by Gasteiger charge is -2.07. The lowest BCUT2D eigenvalue weighted by atomic mass is 10.1. The maximum absolute atomic E-state index is 12.5. The van der Waals surface area contributed by atoms with E-state index in [4.69, 9.17) is 4.74 Å². The molecule has 5 rings (SSSR count). The standard InChI is InChI=1S/C22H16BrN3O2/c23-16-4-7-18-19(12-16)26-21(25-18)13-1-5-17(6-2-13)24-22(27)15-3-8-20-14(11-15)9-10-28-20/h1-8,11-12H,9-10H2,(H,24,27)(H,25,26). The van der Waals surface area contributed by atoms with Crippen molar-refractivity contribution in [1.29, 1.82) is 0 Å². The van der Waals surface area contributed by atoms with E-state index in [0.29, 0.717) is 12.2 Å². The van der Waals surface area contributed by atoms with E-state index in [2.05, 4.69) is 31.2 Å².